The summed E-state index contributed by atoms with van der Waals surface area (Å²) in [4.78, 5) is 41.0. The van der Waals surface area contributed by atoms with E-state index in [-0.39, 0.29) is 30.2 Å². The maximum Gasteiger partial charge on any atom is 0.254 e. The Hall–Kier alpha value is -2.41. The van der Waals surface area contributed by atoms with Gasteiger partial charge >= 0.3 is 0 Å². The van der Waals surface area contributed by atoms with Crippen molar-refractivity contribution in [1.29, 1.82) is 0 Å². The van der Waals surface area contributed by atoms with Crippen molar-refractivity contribution in [3.63, 3.8) is 0 Å². The second kappa shape index (κ2) is 7.68. The zero-order valence-corrected chi connectivity index (χ0v) is 15.3. The maximum absolute atomic E-state index is 13.2. The molecule has 1 aromatic rings. The minimum absolute atomic E-state index is 0.111. The Kier molecular flexibility index (Phi) is 5.11. The van der Waals surface area contributed by atoms with Crippen LogP contribution in [-0.4, -0.2) is 66.4 Å². The van der Waals surface area contributed by atoms with Crippen molar-refractivity contribution >= 4 is 17.7 Å². The normalized spacial score (nSPS) is 26.3. The molecule has 2 atom stereocenters. The van der Waals surface area contributed by atoms with Gasteiger partial charge in [0.15, 0.2) is 6.10 Å². The molecular formula is C20H25N3O4. The molecule has 0 radical (unpaired) electrons. The van der Waals surface area contributed by atoms with E-state index in [1.165, 1.54) is 0 Å². The van der Waals surface area contributed by atoms with Crippen LogP contribution < -0.4 is 5.32 Å². The van der Waals surface area contributed by atoms with Crippen molar-refractivity contribution in [2.75, 3.05) is 32.8 Å². The number of morpholine rings is 1. The molecule has 2 aliphatic heterocycles. The Balaban J connectivity index is 1.45. The van der Waals surface area contributed by atoms with Gasteiger partial charge in [-0.25, -0.2) is 0 Å². The van der Waals surface area contributed by atoms with E-state index in [0.717, 1.165) is 24.8 Å². The average molecular weight is 371 g/mol. The first-order chi connectivity index (χ1) is 13.1. The largest absolute Gasteiger partial charge is 0.356 e. The van der Waals surface area contributed by atoms with Gasteiger partial charge in [0, 0.05) is 32.1 Å². The highest BCUT2D eigenvalue weighted by Crippen LogP contribution is 2.31. The summed E-state index contributed by atoms with van der Waals surface area (Å²) in [5.41, 5.74) is 0.851. The number of nitrogens with one attached hydrogen (secondary N) is 1. The van der Waals surface area contributed by atoms with Crippen molar-refractivity contribution < 1.29 is 19.1 Å². The summed E-state index contributed by atoms with van der Waals surface area (Å²) in [6, 6.07) is 8.94. The smallest absolute Gasteiger partial charge is 0.254 e. The fourth-order valence-corrected chi connectivity index (χ4v) is 3.81. The fraction of sp³-hybridized carbons (Fsp3) is 0.550. The Bertz CT molecular complexity index is 719. The second-order valence-corrected chi connectivity index (χ2v) is 7.47. The van der Waals surface area contributed by atoms with Crippen LogP contribution in [0.2, 0.25) is 0 Å². The van der Waals surface area contributed by atoms with E-state index >= 15 is 0 Å². The third kappa shape index (κ3) is 3.98. The fourth-order valence-electron chi connectivity index (χ4n) is 3.81. The van der Waals surface area contributed by atoms with Gasteiger partial charge in [-0.1, -0.05) is 30.3 Å². The Morgan fingerprint density at radius 2 is 1.63 bits per heavy atom. The lowest BCUT2D eigenvalue weighted by Gasteiger charge is -2.35. The van der Waals surface area contributed by atoms with E-state index in [4.69, 9.17) is 4.74 Å². The van der Waals surface area contributed by atoms with Gasteiger partial charge in [0.1, 0.15) is 6.61 Å². The van der Waals surface area contributed by atoms with Crippen molar-refractivity contribution in [3.8, 4) is 0 Å². The molecule has 0 spiro atoms. The van der Waals surface area contributed by atoms with Crippen LogP contribution in [0.4, 0.5) is 0 Å². The summed E-state index contributed by atoms with van der Waals surface area (Å²) in [7, 11) is 0. The molecule has 7 heteroatoms. The molecule has 27 heavy (non-hydrogen) atoms. The molecule has 2 saturated heterocycles. The van der Waals surface area contributed by atoms with Gasteiger partial charge in [0.05, 0.1) is 6.04 Å². The number of nitrogens with zero attached hydrogens (tertiary/aromatic N) is 2. The van der Waals surface area contributed by atoms with Gasteiger partial charge in [0.2, 0.25) is 11.8 Å². The van der Waals surface area contributed by atoms with Gasteiger partial charge in [-0.15, -0.1) is 0 Å². The molecule has 1 saturated carbocycles. The Labute approximate surface area is 158 Å². The Morgan fingerprint density at radius 1 is 0.963 bits per heavy atom. The molecule has 0 aromatic heterocycles. The molecule has 3 amide bonds. The SMILES string of the molecule is O=C1CO[C@H](C(=O)N2CCCN(C(=O)C3CC3)CC2)[C@@H](c2ccccc2)N1. The standard InChI is InChI=1S/C20H25N3O4/c24-16-13-27-18(17(21-16)14-5-2-1-3-6-14)20(26)23-10-4-9-22(11-12-23)19(25)15-7-8-15/h1-3,5-6,15,17-18H,4,7-13H2,(H,21,24)/t17-,18+/m1/s1. The van der Waals surface area contributed by atoms with E-state index in [0.29, 0.717) is 26.2 Å². The summed E-state index contributed by atoms with van der Waals surface area (Å²) in [5.74, 6) is 0.0915. The molecule has 2 heterocycles. The first kappa shape index (κ1) is 18.0. The second-order valence-electron chi connectivity index (χ2n) is 7.47. The van der Waals surface area contributed by atoms with Gasteiger partial charge in [-0.2, -0.15) is 0 Å². The molecule has 0 bridgehead atoms. The Morgan fingerprint density at radius 3 is 2.30 bits per heavy atom. The van der Waals surface area contributed by atoms with Gasteiger partial charge in [-0.3, -0.25) is 14.4 Å². The number of carbonyl (C=O) groups excluding carboxylic acids is 3. The molecule has 3 fully saturated rings. The number of hydrogen-bond donors (Lipinski definition) is 1. The van der Waals surface area contributed by atoms with E-state index in [1.807, 2.05) is 35.2 Å². The van der Waals surface area contributed by atoms with Crippen molar-refractivity contribution in [1.82, 2.24) is 15.1 Å². The number of hydrogen-bond acceptors (Lipinski definition) is 4. The molecule has 3 aliphatic rings. The molecule has 1 aromatic carbocycles. The van der Waals surface area contributed by atoms with Crippen LogP contribution in [-0.2, 0) is 19.1 Å². The summed E-state index contributed by atoms with van der Waals surface area (Å²) < 4.78 is 5.65. The highest BCUT2D eigenvalue weighted by molar-refractivity contribution is 5.86. The molecule has 7 nitrogen and oxygen atoms in total. The van der Waals surface area contributed by atoms with Gasteiger partial charge < -0.3 is 19.9 Å². The third-order valence-electron chi connectivity index (χ3n) is 5.46. The third-order valence-corrected chi connectivity index (χ3v) is 5.46. The van der Waals surface area contributed by atoms with Crippen LogP contribution in [0.25, 0.3) is 0 Å². The minimum Gasteiger partial charge on any atom is -0.356 e. The first-order valence-electron chi connectivity index (χ1n) is 9.67. The lowest BCUT2D eigenvalue weighted by molar-refractivity contribution is -0.155. The van der Waals surface area contributed by atoms with Crippen molar-refractivity contribution in [2.45, 2.75) is 31.4 Å². The number of carbonyl (C=O) groups is 3. The molecule has 1 aliphatic carbocycles. The monoisotopic (exact) mass is 371 g/mol. The lowest BCUT2D eigenvalue weighted by atomic mass is 9.98. The highest BCUT2D eigenvalue weighted by Gasteiger charge is 2.39. The number of rotatable bonds is 3. The summed E-state index contributed by atoms with van der Waals surface area (Å²) in [6.45, 7) is 2.26. The average Bonchev–Trinajstić information content (AvgIpc) is 3.54. The predicted molar refractivity (Wildman–Crippen MR) is 97.6 cm³/mol. The van der Waals surface area contributed by atoms with Crippen LogP contribution in [0.1, 0.15) is 30.9 Å². The molecule has 4 rings (SSSR count). The molecule has 1 N–H and O–H groups in total. The van der Waals surface area contributed by atoms with Crippen LogP contribution in [0, 0.1) is 5.92 Å². The van der Waals surface area contributed by atoms with E-state index in [1.54, 1.807) is 4.90 Å². The maximum atomic E-state index is 13.2. The van der Waals surface area contributed by atoms with Crippen molar-refractivity contribution in [3.05, 3.63) is 35.9 Å². The summed E-state index contributed by atoms with van der Waals surface area (Å²) in [6.07, 6.45) is 2.01. The van der Waals surface area contributed by atoms with Crippen LogP contribution >= 0.6 is 0 Å². The topological polar surface area (TPSA) is 79.0 Å². The number of amides is 3. The van der Waals surface area contributed by atoms with E-state index in [9.17, 15) is 14.4 Å². The summed E-state index contributed by atoms with van der Waals surface area (Å²) in [5, 5.41) is 2.89. The van der Waals surface area contributed by atoms with E-state index < -0.39 is 12.1 Å². The first-order valence-corrected chi connectivity index (χ1v) is 9.67. The molecule has 0 unspecified atom stereocenters. The highest BCUT2D eigenvalue weighted by atomic mass is 16.5. The van der Waals surface area contributed by atoms with Crippen LogP contribution in [0.5, 0.6) is 0 Å². The molecular weight excluding hydrogens is 346 g/mol. The number of ether oxygens (including phenoxy) is 1. The van der Waals surface area contributed by atoms with Gasteiger partial charge in [-0.05, 0) is 24.8 Å². The van der Waals surface area contributed by atoms with E-state index in [2.05, 4.69) is 5.32 Å². The van der Waals surface area contributed by atoms with Crippen LogP contribution in [0.15, 0.2) is 30.3 Å². The zero-order chi connectivity index (χ0) is 18.8. The van der Waals surface area contributed by atoms with Gasteiger partial charge in [0.25, 0.3) is 5.91 Å². The summed E-state index contributed by atoms with van der Waals surface area (Å²) >= 11 is 0. The number of benzene rings is 1. The predicted octanol–water partition coefficient (Wildman–Crippen LogP) is 0.714. The quantitative estimate of drug-likeness (QED) is 0.849. The molecule has 144 valence electrons. The lowest BCUT2D eigenvalue weighted by Crippen LogP contribution is -2.54. The van der Waals surface area contributed by atoms with Crippen LogP contribution in [0.3, 0.4) is 0 Å². The minimum atomic E-state index is -0.740. The zero-order valence-electron chi connectivity index (χ0n) is 15.3. The van der Waals surface area contributed by atoms with Crippen molar-refractivity contribution in [2.24, 2.45) is 5.92 Å².